The number of Topliss-reactive ketones (excluding diaryl/α,β-unsaturated/α-hetero) is 1. The second kappa shape index (κ2) is 4.15. The molecule has 0 atom stereocenters. The molecule has 0 radical (unpaired) electrons. The van der Waals surface area contributed by atoms with E-state index in [-0.39, 0.29) is 5.78 Å². The third-order valence-electron chi connectivity index (χ3n) is 3.14. The van der Waals surface area contributed by atoms with Gasteiger partial charge in [-0.25, -0.2) is 0 Å². The molecule has 0 saturated heterocycles. The fraction of sp³-hybridized carbons (Fsp3) is 0.0625. The van der Waals surface area contributed by atoms with Crippen LogP contribution in [0.4, 0.5) is 0 Å². The van der Waals surface area contributed by atoms with Crippen LogP contribution >= 0.6 is 0 Å². The second-order valence-corrected chi connectivity index (χ2v) is 4.32. The number of benzene rings is 2. The van der Waals surface area contributed by atoms with Gasteiger partial charge in [0.2, 0.25) is 0 Å². The summed E-state index contributed by atoms with van der Waals surface area (Å²) in [6, 6.07) is 17.9. The van der Waals surface area contributed by atoms with Gasteiger partial charge in [-0.1, -0.05) is 30.3 Å². The average molecular weight is 235 g/mol. The number of fused-ring (bicyclic) bond motifs is 1. The van der Waals surface area contributed by atoms with Crippen molar-refractivity contribution in [2.45, 2.75) is 6.92 Å². The van der Waals surface area contributed by atoms with Gasteiger partial charge in [0.25, 0.3) is 0 Å². The van der Waals surface area contributed by atoms with Gasteiger partial charge in [0.1, 0.15) is 0 Å². The molecule has 18 heavy (non-hydrogen) atoms. The zero-order valence-electron chi connectivity index (χ0n) is 10.1. The van der Waals surface area contributed by atoms with E-state index in [0.717, 1.165) is 16.8 Å². The van der Waals surface area contributed by atoms with Crippen molar-refractivity contribution in [3.8, 4) is 5.69 Å². The Morgan fingerprint density at radius 3 is 2.50 bits per heavy atom. The molecule has 2 heteroatoms. The molecule has 0 aliphatic carbocycles. The van der Waals surface area contributed by atoms with Gasteiger partial charge in [0.15, 0.2) is 5.78 Å². The van der Waals surface area contributed by atoms with Crippen molar-refractivity contribution < 1.29 is 4.79 Å². The zero-order valence-corrected chi connectivity index (χ0v) is 10.1. The van der Waals surface area contributed by atoms with E-state index in [0.29, 0.717) is 0 Å². The van der Waals surface area contributed by atoms with E-state index in [9.17, 15) is 4.79 Å². The van der Waals surface area contributed by atoms with Crippen LogP contribution in [0.25, 0.3) is 16.6 Å². The molecule has 0 bridgehead atoms. The second-order valence-electron chi connectivity index (χ2n) is 4.32. The lowest BCUT2D eigenvalue weighted by atomic mass is 10.1. The quantitative estimate of drug-likeness (QED) is 0.619. The Labute approximate surface area is 105 Å². The molecule has 3 rings (SSSR count). The predicted octanol–water partition coefficient (Wildman–Crippen LogP) is 3.83. The van der Waals surface area contributed by atoms with Crippen molar-refractivity contribution in [1.82, 2.24) is 4.57 Å². The molecular formula is C16H13NO. The summed E-state index contributed by atoms with van der Waals surface area (Å²) in [6.45, 7) is 1.60. The number of hydrogen-bond acceptors (Lipinski definition) is 1. The molecule has 0 fully saturated rings. The molecule has 2 aromatic carbocycles. The highest BCUT2D eigenvalue weighted by atomic mass is 16.1. The van der Waals surface area contributed by atoms with E-state index in [1.807, 2.05) is 42.6 Å². The summed E-state index contributed by atoms with van der Waals surface area (Å²) in [5.41, 5.74) is 2.80. The number of aromatic nitrogens is 1. The SMILES string of the molecule is CC(=O)c1ccccc1-n1ccc2ccccc21. The minimum absolute atomic E-state index is 0.0865. The van der Waals surface area contributed by atoms with Gasteiger partial charge in [0, 0.05) is 11.8 Å². The van der Waals surface area contributed by atoms with Crippen molar-refractivity contribution in [1.29, 1.82) is 0 Å². The number of carbonyl (C=O) groups is 1. The lowest BCUT2D eigenvalue weighted by molar-refractivity contribution is 0.101. The summed E-state index contributed by atoms with van der Waals surface area (Å²) >= 11 is 0. The molecule has 0 spiro atoms. The summed E-state index contributed by atoms with van der Waals surface area (Å²) in [7, 11) is 0. The van der Waals surface area contributed by atoms with E-state index < -0.39 is 0 Å². The van der Waals surface area contributed by atoms with Gasteiger partial charge in [-0.05, 0) is 36.6 Å². The molecule has 0 N–H and O–H groups in total. The Morgan fingerprint density at radius 1 is 0.944 bits per heavy atom. The maximum atomic E-state index is 11.7. The molecule has 1 heterocycles. The maximum Gasteiger partial charge on any atom is 0.161 e. The normalized spacial score (nSPS) is 10.7. The van der Waals surface area contributed by atoms with Crippen LogP contribution in [0.1, 0.15) is 17.3 Å². The molecule has 0 unspecified atom stereocenters. The fourth-order valence-corrected chi connectivity index (χ4v) is 2.27. The maximum absolute atomic E-state index is 11.7. The van der Waals surface area contributed by atoms with Crippen LogP contribution in [0.15, 0.2) is 60.8 Å². The first kappa shape index (κ1) is 10.8. The topological polar surface area (TPSA) is 22.0 Å². The minimum Gasteiger partial charge on any atom is -0.316 e. The molecular weight excluding hydrogens is 222 g/mol. The highest BCUT2D eigenvalue weighted by molar-refractivity contribution is 5.98. The molecule has 0 saturated carbocycles. The number of para-hydroxylation sites is 2. The number of ketones is 1. The van der Waals surface area contributed by atoms with E-state index in [1.165, 1.54) is 5.39 Å². The standard InChI is InChI=1S/C16H13NO/c1-12(18)14-7-3-5-9-16(14)17-11-10-13-6-2-4-8-15(13)17/h2-11H,1H3. The summed E-state index contributed by atoms with van der Waals surface area (Å²) in [5, 5.41) is 1.18. The number of nitrogens with zero attached hydrogens (tertiary/aromatic N) is 1. The lowest BCUT2D eigenvalue weighted by Crippen LogP contribution is -2.01. The van der Waals surface area contributed by atoms with E-state index in [4.69, 9.17) is 0 Å². The molecule has 0 amide bonds. The zero-order chi connectivity index (χ0) is 12.5. The molecule has 3 aromatic rings. The molecule has 88 valence electrons. The highest BCUT2D eigenvalue weighted by Crippen LogP contribution is 2.22. The lowest BCUT2D eigenvalue weighted by Gasteiger charge is -2.09. The third kappa shape index (κ3) is 1.63. The van der Waals surface area contributed by atoms with Gasteiger partial charge < -0.3 is 4.57 Å². The molecule has 0 aliphatic heterocycles. The first-order valence-electron chi connectivity index (χ1n) is 5.94. The smallest absolute Gasteiger partial charge is 0.161 e. The van der Waals surface area contributed by atoms with E-state index in [2.05, 4.69) is 22.8 Å². The highest BCUT2D eigenvalue weighted by Gasteiger charge is 2.09. The summed E-state index contributed by atoms with van der Waals surface area (Å²) < 4.78 is 2.06. The van der Waals surface area contributed by atoms with Crippen molar-refractivity contribution in [2.24, 2.45) is 0 Å². The largest absolute Gasteiger partial charge is 0.316 e. The number of carbonyl (C=O) groups excluding carboxylic acids is 1. The summed E-state index contributed by atoms with van der Waals surface area (Å²) in [4.78, 5) is 11.7. The van der Waals surface area contributed by atoms with Crippen molar-refractivity contribution in [3.63, 3.8) is 0 Å². The van der Waals surface area contributed by atoms with Gasteiger partial charge >= 0.3 is 0 Å². The monoisotopic (exact) mass is 235 g/mol. The predicted molar refractivity (Wildman–Crippen MR) is 73.3 cm³/mol. The number of hydrogen-bond donors (Lipinski definition) is 0. The minimum atomic E-state index is 0.0865. The van der Waals surface area contributed by atoms with Crippen molar-refractivity contribution in [2.75, 3.05) is 0 Å². The Kier molecular flexibility index (Phi) is 2.49. The molecule has 1 aromatic heterocycles. The van der Waals surface area contributed by atoms with E-state index >= 15 is 0 Å². The number of rotatable bonds is 2. The Balaban J connectivity index is 2.30. The molecule has 2 nitrogen and oxygen atoms in total. The van der Waals surface area contributed by atoms with Crippen molar-refractivity contribution in [3.05, 3.63) is 66.4 Å². The van der Waals surface area contributed by atoms with Gasteiger partial charge in [-0.3, -0.25) is 4.79 Å². The Hall–Kier alpha value is -2.35. The van der Waals surface area contributed by atoms with Gasteiger partial charge in [-0.15, -0.1) is 0 Å². The van der Waals surface area contributed by atoms with Crippen LogP contribution in [0, 0.1) is 0 Å². The first-order valence-corrected chi connectivity index (χ1v) is 5.94. The van der Waals surface area contributed by atoms with Crippen LogP contribution in [0.5, 0.6) is 0 Å². The first-order chi connectivity index (χ1) is 8.77. The summed E-state index contributed by atoms with van der Waals surface area (Å²) in [5.74, 6) is 0.0865. The van der Waals surface area contributed by atoms with E-state index in [1.54, 1.807) is 6.92 Å². The van der Waals surface area contributed by atoms with Crippen LogP contribution in [0.3, 0.4) is 0 Å². The fourth-order valence-electron chi connectivity index (χ4n) is 2.27. The van der Waals surface area contributed by atoms with Crippen LogP contribution < -0.4 is 0 Å². The Morgan fingerprint density at radius 2 is 1.67 bits per heavy atom. The van der Waals surface area contributed by atoms with Crippen LogP contribution in [-0.4, -0.2) is 10.4 Å². The Bertz CT molecular complexity index is 725. The third-order valence-corrected chi connectivity index (χ3v) is 3.14. The summed E-state index contributed by atoms with van der Waals surface area (Å²) in [6.07, 6.45) is 2.01. The van der Waals surface area contributed by atoms with Crippen LogP contribution in [-0.2, 0) is 0 Å². The van der Waals surface area contributed by atoms with Crippen LogP contribution in [0.2, 0.25) is 0 Å². The molecule has 0 aliphatic rings. The van der Waals surface area contributed by atoms with Gasteiger partial charge in [-0.2, -0.15) is 0 Å². The average Bonchev–Trinajstić information content (AvgIpc) is 2.82. The van der Waals surface area contributed by atoms with Crippen molar-refractivity contribution >= 4 is 16.7 Å². The van der Waals surface area contributed by atoms with Gasteiger partial charge in [0.05, 0.1) is 11.2 Å².